The van der Waals surface area contributed by atoms with Crippen LogP contribution in [0.25, 0.3) is 0 Å². The summed E-state index contributed by atoms with van der Waals surface area (Å²) in [6, 6.07) is 0. The van der Waals surface area contributed by atoms with Gasteiger partial charge in [-0.25, -0.2) is 0 Å². The van der Waals surface area contributed by atoms with Crippen molar-refractivity contribution in [3.8, 4) is 0 Å². The maximum Gasteiger partial charge on any atom is 0.308 e. The van der Waals surface area contributed by atoms with Gasteiger partial charge in [0, 0.05) is 6.42 Å². The number of esters is 1. The minimum absolute atomic E-state index is 0.211. The molecule has 0 radical (unpaired) electrons. The van der Waals surface area contributed by atoms with Crippen LogP contribution in [-0.4, -0.2) is 63.7 Å². The van der Waals surface area contributed by atoms with Gasteiger partial charge in [0.05, 0.1) is 6.61 Å². The summed E-state index contributed by atoms with van der Waals surface area (Å²) >= 11 is 0. The molecule has 136 valence electrons. The molecule has 5 atom stereocenters. The number of rotatable bonds is 10. The van der Waals surface area contributed by atoms with Crippen molar-refractivity contribution in [2.45, 2.75) is 89.0 Å². The number of hydrogen-bond donors (Lipinski definition) is 4. The van der Waals surface area contributed by atoms with Crippen molar-refractivity contribution in [2.24, 2.45) is 0 Å². The molecule has 23 heavy (non-hydrogen) atoms. The van der Waals surface area contributed by atoms with Gasteiger partial charge in [-0.2, -0.15) is 0 Å². The fourth-order valence-electron chi connectivity index (χ4n) is 2.58. The molecule has 0 unspecified atom stereocenters. The summed E-state index contributed by atoms with van der Waals surface area (Å²) in [6.07, 6.45) is 0.779. The molecule has 0 bridgehead atoms. The van der Waals surface area contributed by atoms with Crippen molar-refractivity contribution in [3.05, 3.63) is 0 Å². The van der Waals surface area contributed by atoms with Gasteiger partial charge in [0.1, 0.15) is 24.4 Å². The number of unbranched alkanes of at least 4 members (excludes halogenated alkanes) is 6. The second-order valence-electron chi connectivity index (χ2n) is 6.06. The Balaban J connectivity index is 2.25. The zero-order valence-corrected chi connectivity index (χ0v) is 13.8. The second-order valence-corrected chi connectivity index (χ2v) is 6.06. The van der Waals surface area contributed by atoms with Crippen LogP contribution in [0.1, 0.15) is 58.3 Å². The quantitative estimate of drug-likeness (QED) is 0.339. The number of aliphatic hydroxyl groups excluding tert-OH is 4. The number of ether oxygens (including phenoxy) is 2. The van der Waals surface area contributed by atoms with Crippen LogP contribution in [0.15, 0.2) is 0 Å². The first-order valence-electron chi connectivity index (χ1n) is 8.51. The summed E-state index contributed by atoms with van der Waals surface area (Å²) in [4.78, 5) is 11.8. The lowest BCUT2D eigenvalue weighted by molar-refractivity contribution is -0.292. The van der Waals surface area contributed by atoms with Crippen molar-refractivity contribution in [3.63, 3.8) is 0 Å². The fourth-order valence-corrected chi connectivity index (χ4v) is 2.58. The van der Waals surface area contributed by atoms with Gasteiger partial charge in [-0.3, -0.25) is 4.79 Å². The van der Waals surface area contributed by atoms with Crippen molar-refractivity contribution in [2.75, 3.05) is 6.61 Å². The molecule has 1 aliphatic heterocycles. The predicted octanol–water partition coefficient (Wildman–Crippen LogP) is 0.470. The largest absolute Gasteiger partial charge is 0.433 e. The third-order valence-electron chi connectivity index (χ3n) is 4.08. The molecular weight excluding hydrogens is 304 g/mol. The summed E-state index contributed by atoms with van der Waals surface area (Å²) in [6.45, 7) is 1.62. The Morgan fingerprint density at radius 3 is 2.17 bits per heavy atom. The van der Waals surface area contributed by atoms with Crippen LogP contribution in [-0.2, 0) is 14.3 Å². The number of carbonyl (C=O) groups is 1. The molecule has 1 rings (SSSR count). The van der Waals surface area contributed by atoms with Gasteiger partial charge in [-0.1, -0.05) is 45.4 Å². The minimum atomic E-state index is -1.54. The van der Waals surface area contributed by atoms with Crippen LogP contribution >= 0.6 is 0 Å². The van der Waals surface area contributed by atoms with Crippen LogP contribution in [0.4, 0.5) is 0 Å². The van der Waals surface area contributed by atoms with Gasteiger partial charge >= 0.3 is 5.97 Å². The average molecular weight is 334 g/mol. The van der Waals surface area contributed by atoms with Gasteiger partial charge in [0.25, 0.3) is 0 Å². The van der Waals surface area contributed by atoms with Crippen LogP contribution in [0, 0.1) is 0 Å². The van der Waals surface area contributed by atoms with E-state index in [-0.39, 0.29) is 6.42 Å². The summed E-state index contributed by atoms with van der Waals surface area (Å²) in [7, 11) is 0. The molecule has 7 nitrogen and oxygen atoms in total. The van der Waals surface area contributed by atoms with Gasteiger partial charge < -0.3 is 29.9 Å². The van der Waals surface area contributed by atoms with E-state index in [0.29, 0.717) is 6.42 Å². The fraction of sp³-hybridized carbons (Fsp3) is 0.938. The maximum absolute atomic E-state index is 11.8. The highest BCUT2D eigenvalue weighted by molar-refractivity contribution is 5.69. The summed E-state index contributed by atoms with van der Waals surface area (Å²) in [5, 5.41) is 38.1. The second kappa shape index (κ2) is 10.9. The molecule has 0 spiro atoms. The molecular formula is C16H30O7. The number of hydrogen-bond acceptors (Lipinski definition) is 7. The predicted molar refractivity (Wildman–Crippen MR) is 82.5 cm³/mol. The van der Waals surface area contributed by atoms with Gasteiger partial charge in [-0.05, 0) is 6.42 Å². The SMILES string of the molecule is CCCCCCCCCC(=O)O[C@H]1O[C@H](CO)[C@@H](O)[C@H](O)[C@H]1O. The van der Waals surface area contributed by atoms with E-state index in [1.165, 1.54) is 19.3 Å². The molecule has 0 aliphatic carbocycles. The first-order valence-corrected chi connectivity index (χ1v) is 8.51. The molecule has 0 saturated carbocycles. The molecule has 0 aromatic carbocycles. The topological polar surface area (TPSA) is 116 Å². The molecule has 0 amide bonds. The van der Waals surface area contributed by atoms with Crippen molar-refractivity contribution < 1.29 is 34.7 Å². The van der Waals surface area contributed by atoms with Crippen molar-refractivity contribution in [1.82, 2.24) is 0 Å². The lowest BCUT2D eigenvalue weighted by atomic mass is 9.99. The van der Waals surface area contributed by atoms with Gasteiger partial charge in [0.2, 0.25) is 6.29 Å². The third-order valence-corrected chi connectivity index (χ3v) is 4.08. The number of aliphatic hydroxyl groups is 4. The molecule has 1 aliphatic rings. The van der Waals surface area contributed by atoms with E-state index >= 15 is 0 Å². The van der Waals surface area contributed by atoms with E-state index in [1.807, 2.05) is 0 Å². The summed E-state index contributed by atoms with van der Waals surface area (Å²) < 4.78 is 10.1. The molecule has 1 fully saturated rings. The van der Waals surface area contributed by atoms with Crippen molar-refractivity contribution >= 4 is 5.97 Å². The molecule has 4 N–H and O–H groups in total. The molecule has 1 heterocycles. The third kappa shape index (κ3) is 6.73. The zero-order valence-electron chi connectivity index (χ0n) is 13.8. The van der Waals surface area contributed by atoms with E-state index in [4.69, 9.17) is 14.6 Å². The summed E-state index contributed by atoms with van der Waals surface area (Å²) in [5.41, 5.74) is 0. The highest BCUT2D eigenvalue weighted by Crippen LogP contribution is 2.22. The Morgan fingerprint density at radius 2 is 1.57 bits per heavy atom. The van der Waals surface area contributed by atoms with E-state index in [0.717, 1.165) is 19.3 Å². The Kier molecular flexibility index (Phi) is 9.66. The van der Waals surface area contributed by atoms with E-state index in [2.05, 4.69) is 6.92 Å². The van der Waals surface area contributed by atoms with Crippen molar-refractivity contribution in [1.29, 1.82) is 0 Å². The van der Waals surface area contributed by atoms with Gasteiger partial charge in [0.15, 0.2) is 0 Å². The Bertz CT molecular complexity index is 334. The minimum Gasteiger partial charge on any atom is -0.433 e. The molecule has 0 aromatic rings. The lowest BCUT2D eigenvalue weighted by Crippen LogP contribution is -2.59. The maximum atomic E-state index is 11.8. The Labute approximate surface area is 137 Å². The normalized spacial score (nSPS) is 31.1. The van der Waals surface area contributed by atoms with Crippen LogP contribution < -0.4 is 0 Å². The molecule has 0 aromatic heterocycles. The zero-order chi connectivity index (χ0) is 17.2. The molecule has 1 saturated heterocycles. The number of carbonyl (C=O) groups excluding carboxylic acids is 1. The Morgan fingerprint density at radius 1 is 0.957 bits per heavy atom. The van der Waals surface area contributed by atoms with E-state index in [1.54, 1.807) is 0 Å². The first-order chi connectivity index (χ1) is 11.0. The first kappa shape index (κ1) is 20.3. The standard InChI is InChI=1S/C16H30O7/c1-2-3-4-5-6-7-8-9-12(18)23-16-15(21)14(20)13(19)11(10-17)22-16/h11,13-17,19-21H,2-10H2,1H3/t11-,13-,14+,15-,16-/m1/s1. The lowest BCUT2D eigenvalue weighted by Gasteiger charge is -2.39. The highest BCUT2D eigenvalue weighted by atomic mass is 16.7. The van der Waals surface area contributed by atoms with Crippen LogP contribution in [0.3, 0.4) is 0 Å². The van der Waals surface area contributed by atoms with E-state index in [9.17, 15) is 20.1 Å². The average Bonchev–Trinajstić information content (AvgIpc) is 2.54. The van der Waals surface area contributed by atoms with Gasteiger partial charge in [-0.15, -0.1) is 0 Å². The highest BCUT2D eigenvalue weighted by Gasteiger charge is 2.45. The monoisotopic (exact) mass is 334 g/mol. The summed E-state index contributed by atoms with van der Waals surface area (Å²) in [5.74, 6) is -0.525. The molecule has 7 heteroatoms. The van der Waals surface area contributed by atoms with Crippen LogP contribution in [0.2, 0.25) is 0 Å². The van der Waals surface area contributed by atoms with Crippen LogP contribution in [0.5, 0.6) is 0 Å². The smallest absolute Gasteiger partial charge is 0.308 e. The van der Waals surface area contributed by atoms with E-state index < -0.39 is 43.3 Å². The Hall–Kier alpha value is -0.730.